The maximum absolute atomic E-state index is 13.9. The van der Waals surface area contributed by atoms with E-state index >= 15 is 0 Å². The van der Waals surface area contributed by atoms with Gasteiger partial charge in [0.15, 0.2) is 5.78 Å². The van der Waals surface area contributed by atoms with Crippen LogP contribution in [0.1, 0.15) is 42.7 Å². The van der Waals surface area contributed by atoms with Crippen molar-refractivity contribution in [3.05, 3.63) is 88.0 Å². The molecule has 1 N–H and O–H groups in total. The van der Waals surface area contributed by atoms with E-state index < -0.39 is 5.92 Å². The molecule has 4 rings (SSSR count). The Morgan fingerprint density at radius 2 is 1.90 bits per heavy atom. The van der Waals surface area contributed by atoms with Crippen molar-refractivity contribution in [3.8, 4) is 11.8 Å². The van der Waals surface area contributed by atoms with Crippen LogP contribution < -0.4 is 10.1 Å². The number of benzene rings is 2. The van der Waals surface area contributed by atoms with Crippen LogP contribution >= 0.6 is 0 Å². The highest BCUT2D eigenvalue weighted by Crippen LogP contribution is 2.45. The number of dihydropyridines is 1. The van der Waals surface area contributed by atoms with Gasteiger partial charge in [0.2, 0.25) is 0 Å². The second-order valence-electron chi connectivity index (χ2n) is 7.46. The first-order valence-electron chi connectivity index (χ1n) is 9.55. The lowest BCUT2D eigenvalue weighted by molar-refractivity contribution is -0.116. The zero-order valence-electron chi connectivity index (χ0n) is 16.3. The van der Waals surface area contributed by atoms with E-state index in [2.05, 4.69) is 11.4 Å². The molecule has 1 heterocycles. The van der Waals surface area contributed by atoms with Crippen LogP contribution in [0.25, 0.3) is 0 Å². The molecule has 0 unspecified atom stereocenters. The van der Waals surface area contributed by atoms with Crippen molar-refractivity contribution in [2.45, 2.75) is 31.6 Å². The number of rotatable bonds is 3. The van der Waals surface area contributed by atoms with Gasteiger partial charge in [-0.05, 0) is 54.7 Å². The number of hydrogen-bond donors (Lipinski definition) is 1. The van der Waals surface area contributed by atoms with Crippen LogP contribution in [0.2, 0.25) is 0 Å². The SMILES string of the molecule is COc1ccc([C@@H]2CC(=O)C3=C(C2)NC(C)=C(C#N)[C@@H]3c2cccc(F)c2)cc1. The van der Waals surface area contributed by atoms with E-state index in [-0.39, 0.29) is 17.5 Å². The molecule has 4 nitrogen and oxygen atoms in total. The molecule has 0 spiro atoms. The Balaban J connectivity index is 1.75. The van der Waals surface area contributed by atoms with Gasteiger partial charge in [0.05, 0.1) is 24.7 Å². The van der Waals surface area contributed by atoms with Gasteiger partial charge in [0.1, 0.15) is 11.6 Å². The van der Waals surface area contributed by atoms with Gasteiger partial charge >= 0.3 is 0 Å². The van der Waals surface area contributed by atoms with Crippen LogP contribution in [0.15, 0.2) is 71.1 Å². The smallest absolute Gasteiger partial charge is 0.162 e. The molecule has 0 bridgehead atoms. The lowest BCUT2D eigenvalue weighted by Gasteiger charge is -2.35. The number of methoxy groups -OCH3 is 1. The summed E-state index contributed by atoms with van der Waals surface area (Å²) in [5.74, 6) is -0.0951. The molecule has 0 saturated carbocycles. The fraction of sp³-hybridized carbons (Fsp3) is 0.250. The molecule has 0 radical (unpaired) electrons. The molecule has 146 valence electrons. The number of hydrogen-bond acceptors (Lipinski definition) is 4. The van der Waals surface area contributed by atoms with Crippen LogP contribution in [0.5, 0.6) is 5.75 Å². The molecule has 1 aliphatic carbocycles. The van der Waals surface area contributed by atoms with Crippen LogP contribution in [0.3, 0.4) is 0 Å². The first kappa shape index (κ1) is 18.9. The molecule has 1 aliphatic heterocycles. The number of carbonyl (C=O) groups is 1. The highest BCUT2D eigenvalue weighted by atomic mass is 19.1. The van der Waals surface area contributed by atoms with E-state index in [1.165, 1.54) is 12.1 Å². The summed E-state index contributed by atoms with van der Waals surface area (Å²) in [7, 11) is 1.62. The highest BCUT2D eigenvalue weighted by Gasteiger charge is 2.39. The third-order valence-electron chi connectivity index (χ3n) is 5.72. The standard InChI is InChI=1S/C24H21FN2O2/c1-14-20(13-26)23(16-4-3-5-18(25)10-16)24-21(27-14)11-17(12-22(24)28)15-6-8-19(29-2)9-7-15/h3-10,17,23,27H,11-12H2,1-2H3/t17-,23-/m0/s1. The van der Waals surface area contributed by atoms with Crippen molar-refractivity contribution in [3.63, 3.8) is 0 Å². The Labute approximate surface area is 169 Å². The highest BCUT2D eigenvalue weighted by molar-refractivity contribution is 6.00. The lowest BCUT2D eigenvalue weighted by Crippen LogP contribution is -2.33. The Morgan fingerprint density at radius 3 is 2.55 bits per heavy atom. The van der Waals surface area contributed by atoms with Gasteiger partial charge < -0.3 is 10.1 Å². The molecule has 2 aliphatic rings. The minimum atomic E-state index is -0.531. The number of ether oxygens (including phenoxy) is 1. The summed E-state index contributed by atoms with van der Waals surface area (Å²) < 4.78 is 19.1. The summed E-state index contributed by atoms with van der Waals surface area (Å²) in [5.41, 5.74) is 4.29. The summed E-state index contributed by atoms with van der Waals surface area (Å²) in [6.07, 6.45) is 1.02. The number of allylic oxidation sites excluding steroid dienone is 4. The van der Waals surface area contributed by atoms with Crippen molar-refractivity contribution < 1.29 is 13.9 Å². The Bertz CT molecular complexity index is 1080. The van der Waals surface area contributed by atoms with Gasteiger partial charge in [-0.25, -0.2) is 4.39 Å². The van der Waals surface area contributed by atoms with Crippen molar-refractivity contribution in [2.24, 2.45) is 0 Å². The summed E-state index contributed by atoms with van der Waals surface area (Å²) >= 11 is 0. The van der Waals surface area contributed by atoms with E-state index in [1.807, 2.05) is 31.2 Å². The normalized spacial score (nSPS) is 21.4. The molecule has 0 fully saturated rings. The maximum atomic E-state index is 13.9. The quantitative estimate of drug-likeness (QED) is 0.826. The molecule has 2 aromatic rings. The van der Waals surface area contributed by atoms with Crippen LogP contribution in [0, 0.1) is 17.1 Å². The van der Waals surface area contributed by atoms with E-state index in [0.29, 0.717) is 35.2 Å². The summed E-state index contributed by atoms with van der Waals surface area (Å²) in [4.78, 5) is 13.2. The molecule has 0 aromatic heterocycles. The van der Waals surface area contributed by atoms with Crippen LogP contribution in [0.4, 0.5) is 4.39 Å². The van der Waals surface area contributed by atoms with Crippen molar-refractivity contribution in [1.82, 2.24) is 5.32 Å². The molecule has 0 amide bonds. The Hall–Kier alpha value is -3.39. The second-order valence-corrected chi connectivity index (χ2v) is 7.46. The molecule has 5 heteroatoms. The van der Waals surface area contributed by atoms with E-state index in [4.69, 9.17) is 4.74 Å². The zero-order chi connectivity index (χ0) is 20.5. The van der Waals surface area contributed by atoms with Crippen LogP contribution in [-0.4, -0.2) is 12.9 Å². The zero-order valence-corrected chi connectivity index (χ0v) is 16.3. The number of nitriles is 1. The van der Waals surface area contributed by atoms with Gasteiger partial charge in [-0.2, -0.15) is 5.26 Å². The lowest BCUT2D eigenvalue weighted by atomic mass is 9.72. The Morgan fingerprint density at radius 1 is 1.14 bits per heavy atom. The molecule has 29 heavy (non-hydrogen) atoms. The van der Waals surface area contributed by atoms with Crippen molar-refractivity contribution in [2.75, 3.05) is 7.11 Å². The fourth-order valence-electron chi connectivity index (χ4n) is 4.32. The summed E-state index contributed by atoms with van der Waals surface area (Å²) in [5, 5.41) is 13.0. The molecular weight excluding hydrogens is 367 g/mol. The molecule has 0 saturated heterocycles. The van der Waals surface area contributed by atoms with Gasteiger partial charge in [0.25, 0.3) is 0 Å². The second kappa shape index (κ2) is 7.56. The van der Waals surface area contributed by atoms with Gasteiger partial charge in [-0.3, -0.25) is 4.79 Å². The van der Waals surface area contributed by atoms with E-state index in [0.717, 1.165) is 17.0 Å². The number of Topliss-reactive ketones (excluding diaryl/α,β-unsaturated/α-hetero) is 1. The van der Waals surface area contributed by atoms with Gasteiger partial charge in [0, 0.05) is 23.4 Å². The molecule has 2 aromatic carbocycles. The predicted molar refractivity (Wildman–Crippen MR) is 108 cm³/mol. The molecule has 2 atom stereocenters. The number of ketones is 1. The third kappa shape index (κ3) is 3.42. The fourth-order valence-corrected chi connectivity index (χ4v) is 4.32. The Kier molecular flexibility index (Phi) is 4.94. The molecular formula is C24H21FN2O2. The largest absolute Gasteiger partial charge is 0.497 e. The summed E-state index contributed by atoms with van der Waals surface area (Å²) in [6, 6.07) is 16.2. The van der Waals surface area contributed by atoms with Crippen LogP contribution in [-0.2, 0) is 4.79 Å². The van der Waals surface area contributed by atoms with E-state index in [1.54, 1.807) is 19.2 Å². The number of nitrogens with one attached hydrogen (secondary N) is 1. The van der Waals surface area contributed by atoms with Gasteiger partial charge in [-0.1, -0.05) is 24.3 Å². The summed E-state index contributed by atoms with van der Waals surface area (Å²) in [6.45, 7) is 1.83. The monoisotopic (exact) mass is 388 g/mol. The minimum absolute atomic E-state index is 0.00548. The first-order valence-corrected chi connectivity index (χ1v) is 9.55. The van der Waals surface area contributed by atoms with Gasteiger partial charge in [-0.15, -0.1) is 0 Å². The maximum Gasteiger partial charge on any atom is 0.162 e. The third-order valence-corrected chi connectivity index (χ3v) is 5.72. The number of halogens is 1. The van der Waals surface area contributed by atoms with E-state index in [9.17, 15) is 14.4 Å². The average Bonchev–Trinajstić information content (AvgIpc) is 2.72. The predicted octanol–water partition coefficient (Wildman–Crippen LogP) is 4.72. The average molecular weight is 388 g/mol. The number of carbonyl (C=O) groups excluding carboxylic acids is 1. The minimum Gasteiger partial charge on any atom is -0.497 e. The van der Waals surface area contributed by atoms with Crippen molar-refractivity contribution >= 4 is 5.78 Å². The van der Waals surface area contributed by atoms with Crippen molar-refractivity contribution in [1.29, 1.82) is 5.26 Å². The first-order chi connectivity index (χ1) is 14.0. The number of nitrogens with zero attached hydrogens (tertiary/aromatic N) is 1. The topological polar surface area (TPSA) is 62.1 Å².